The molecule has 94 valence electrons. The fourth-order valence-electron chi connectivity index (χ4n) is 1.73. The van der Waals surface area contributed by atoms with Gasteiger partial charge in [-0.05, 0) is 42.5 Å². The normalized spacial score (nSPS) is 16.1. The van der Waals surface area contributed by atoms with Crippen LogP contribution in [0.4, 0.5) is 0 Å². The van der Waals surface area contributed by atoms with Gasteiger partial charge < -0.3 is 0 Å². The molecule has 1 aliphatic rings. The van der Waals surface area contributed by atoms with Crippen molar-refractivity contribution in [1.82, 2.24) is 4.72 Å². The summed E-state index contributed by atoms with van der Waals surface area (Å²) in [4.78, 5) is 0.317. The Morgan fingerprint density at radius 2 is 2.06 bits per heavy atom. The first kappa shape index (κ1) is 12.9. The molecule has 5 heteroatoms. The summed E-state index contributed by atoms with van der Waals surface area (Å²) >= 11 is 5.84. The molecule has 0 heterocycles. The van der Waals surface area contributed by atoms with Gasteiger partial charge in [0.2, 0.25) is 10.0 Å². The predicted molar refractivity (Wildman–Crippen MR) is 68.7 cm³/mol. The summed E-state index contributed by atoms with van der Waals surface area (Å²) in [6, 6.07) is 5.31. The molecule has 0 aliphatic heterocycles. The lowest BCUT2D eigenvalue weighted by Crippen LogP contribution is -2.25. The Balaban J connectivity index is 2.31. The van der Waals surface area contributed by atoms with Crippen LogP contribution in [0.1, 0.15) is 30.9 Å². The van der Waals surface area contributed by atoms with Gasteiger partial charge in [-0.15, -0.1) is 11.6 Å². The molecule has 17 heavy (non-hydrogen) atoms. The lowest BCUT2D eigenvalue weighted by atomic mass is 10.1. The minimum Gasteiger partial charge on any atom is -0.208 e. The number of hydrogen-bond donors (Lipinski definition) is 1. The Morgan fingerprint density at radius 3 is 2.59 bits per heavy atom. The summed E-state index contributed by atoms with van der Waals surface area (Å²) in [5, 5.41) is 0. The summed E-state index contributed by atoms with van der Waals surface area (Å²) in [5.41, 5.74) is 2.00. The molecule has 1 aliphatic carbocycles. The van der Waals surface area contributed by atoms with Crippen molar-refractivity contribution in [2.75, 3.05) is 0 Å². The van der Waals surface area contributed by atoms with Gasteiger partial charge in [-0.1, -0.05) is 13.0 Å². The second-order valence-electron chi connectivity index (χ2n) is 4.31. The van der Waals surface area contributed by atoms with E-state index in [2.05, 4.69) is 4.72 Å². The molecule has 0 spiro atoms. The zero-order chi connectivity index (χ0) is 12.5. The molecule has 1 saturated carbocycles. The highest BCUT2D eigenvalue weighted by Crippen LogP contribution is 2.24. The Hall–Kier alpha value is -0.580. The summed E-state index contributed by atoms with van der Waals surface area (Å²) in [7, 11) is -3.36. The van der Waals surface area contributed by atoms with Crippen molar-refractivity contribution in [3.05, 3.63) is 29.3 Å². The summed E-state index contributed by atoms with van der Waals surface area (Å²) in [5.74, 6) is 0.343. The summed E-state index contributed by atoms with van der Waals surface area (Å²) in [6.07, 6.45) is 2.74. The standard InChI is InChI=1S/C12H16ClNO2S/c1-2-9-3-6-12(7-10(9)8-13)17(15,16)14-11-4-5-11/h3,6-7,11,14H,2,4-5,8H2,1H3. The highest BCUT2D eigenvalue weighted by molar-refractivity contribution is 7.89. The first-order valence-corrected chi connectivity index (χ1v) is 7.78. The second-order valence-corrected chi connectivity index (χ2v) is 6.29. The summed E-state index contributed by atoms with van der Waals surface area (Å²) < 4.78 is 26.7. The molecule has 2 rings (SSSR count). The van der Waals surface area contributed by atoms with Gasteiger partial charge in [0.1, 0.15) is 0 Å². The van der Waals surface area contributed by atoms with Crippen LogP contribution in [0.15, 0.2) is 23.1 Å². The highest BCUT2D eigenvalue weighted by Gasteiger charge is 2.28. The Kier molecular flexibility index (Phi) is 3.76. The van der Waals surface area contributed by atoms with Crippen molar-refractivity contribution < 1.29 is 8.42 Å². The molecule has 3 nitrogen and oxygen atoms in total. The smallest absolute Gasteiger partial charge is 0.208 e. The molecular formula is C12H16ClNO2S. The van der Waals surface area contributed by atoms with Crippen molar-refractivity contribution in [3.63, 3.8) is 0 Å². The van der Waals surface area contributed by atoms with Gasteiger partial charge in [0.05, 0.1) is 4.90 Å². The van der Waals surface area contributed by atoms with Crippen LogP contribution in [-0.2, 0) is 22.3 Å². The van der Waals surface area contributed by atoms with Crippen molar-refractivity contribution in [2.24, 2.45) is 0 Å². The number of benzene rings is 1. The van der Waals surface area contributed by atoms with E-state index in [1.54, 1.807) is 12.1 Å². The molecule has 0 unspecified atom stereocenters. The third-order valence-electron chi connectivity index (χ3n) is 2.91. The number of rotatable bonds is 5. The van der Waals surface area contributed by atoms with E-state index in [-0.39, 0.29) is 6.04 Å². The highest BCUT2D eigenvalue weighted by atomic mass is 35.5. The van der Waals surface area contributed by atoms with E-state index >= 15 is 0 Å². The maximum Gasteiger partial charge on any atom is 0.240 e. The van der Waals surface area contributed by atoms with E-state index in [0.717, 1.165) is 30.4 Å². The minimum absolute atomic E-state index is 0.130. The van der Waals surface area contributed by atoms with Crippen molar-refractivity contribution in [3.8, 4) is 0 Å². The zero-order valence-corrected chi connectivity index (χ0v) is 11.3. The third kappa shape index (κ3) is 3.00. The molecule has 1 N–H and O–H groups in total. The predicted octanol–water partition coefficient (Wildman–Crippen LogP) is 2.43. The van der Waals surface area contributed by atoms with Gasteiger partial charge >= 0.3 is 0 Å². The van der Waals surface area contributed by atoms with Crippen LogP contribution in [0, 0.1) is 0 Å². The second kappa shape index (κ2) is 4.96. The molecule has 0 saturated heterocycles. The lowest BCUT2D eigenvalue weighted by molar-refractivity contribution is 0.581. The molecule has 0 radical (unpaired) electrons. The number of hydrogen-bond acceptors (Lipinski definition) is 2. The maximum atomic E-state index is 12.0. The Morgan fingerprint density at radius 1 is 1.35 bits per heavy atom. The van der Waals surface area contributed by atoms with E-state index < -0.39 is 10.0 Å². The SMILES string of the molecule is CCc1ccc(S(=O)(=O)NC2CC2)cc1CCl. The number of aryl methyl sites for hydroxylation is 1. The van der Waals surface area contributed by atoms with Crippen LogP contribution in [0.2, 0.25) is 0 Å². The molecule has 0 aromatic heterocycles. The monoisotopic (exact) mass is 273 g/mol. The van der Waals surface area contributed by atoms with Gasteiger partial charge in [0.25, 0.3) is 0 Å². The topological polar surface area (TPSA) is 46.2 Å². The fraction of sp³-hybridized carbons (Fsp3) is 0.500. The first-order chi connectivity index (χ1) is 8.06. The van der Waals surface area contributed by atoms with Gasteiger partial charge in [0, 0.05) is 11.9 Å². The largest absolute Gasteiger partial charge is 0.240 e. The van der Waals surface area contributed by atoms with Crippen LogP contribution in [0.25, 0.3) is 0 Å². The molecule has 1 fully saturated rings. The molecule has 0 amide bonds. The van der Waals surface area contributed by atoms with Gasteiger partial charge in [-0.25, -0.2) is 13.1 Å². The minimum atomic E-state index is -3.36. The number of alkyl halides is 1. The van der Waals surface area contributed by atoms with E-state index in [4.69, 9.17) is 11.6 Å². The lowest BCUT2D eigenvalue weighted by Gasteiger charge is -2.09. The van der Waals surface area contributed by atoms with E-state index in [1.807, 2.05) is 13.0 Å². The number of sulfonamides is 1. The molecule has 0 bridgehead atoms. The number of halogens is 1. The van der Waals surface area contributed by atoms with E-state index in [0.29, 0.717) is 10.8 Å². The molecular weight excluding hydrogens is 258 g/mol. The quantitative estimate of drug-likeness (QED) is 0.838. The third-order valence-corrected chi connectivity index (χ3v) is 4.72. The average molecular weight is 274 g/mol. The zero-order valence-electron chi connectivity index (χ0n) is 9.74. The van der Waals surface area contributed by atoms with Gasteiger partial charge in [-0.3, -0.25) is 0 Å². The maximum absolute atomic E-state index is 12.0. The Bertz CT molecular complexity index is 509. The molecule has 0 atom stereocenters. The van der Waals surface area contributed by atoms with E-state index in [1.165, 1.54) is 0 Å². The molecule has 1 aromatic rings. The van der Waals surface area contributed by atoms with Crippen molar-refractivity contribution in [1.29, 1.82) is 0 Å². The Labute approximate surface area is 107 Å². The first-order valence-electron chi connectivity index (χ1n) is 5.77. The van der Waals surface area contributed by atoms with Crippen LogP contribution in [0.3, 0.4) is 0 Å². The average Bonchev–Trinajstić information content (AvgIpc) is 3.11. The van der Waals surface area contributed by atoms with Crippen LogP contribution < -0.4 is 4.72 Å². The van der Waals surface area contributed by atoms with E-state index in [9.17, 15) is 8.42 Å². The van der Waals surface area contributed by atoms with Crippen LogP contribution in [0.5, 0.6) is 0 Å². The summed E-state index contributed by atoms with van der Waals surface area (Å²) in [6.45, 7) is 2.03. The fourth-order valence-corrected chi connectivity index (χ4v) is 3.33. The van der Waals surface area contributed by atoms with Crippen molar-refractivity contribution in [2.45, 2.75) is 43.0 Å². The van der Waals surface area contributed by atoms with Crippen molar-refractivity contribution >= 4 is 21.6 Å². The molecule has 1 aromatic carbocycles. The van der Waals surface area contributed by atoms with Gasteiger partial charge in [-0.2, -0.15) is 0 Å². The van der Waals surface area contributed by atoms with Gasteiger partial charge in [0.15, 0.2) is 0 Å². The van der Waals surface area contributed by atoms with Crippen LogP contribution >= 0.6 is 11.6 Å². The number of nitrogens with one attached hydrogen (secondary N) is 1. The van der Waals surface area contributed by atoms with Crippen LogP contribution in [-0.4, -0.2) is 14.5 Å².